The molecule has 1 unspecified atom stereocenters. The minimum atomic E-state index is -1.11. The standard InChI is InChI=1S/C14H19FO/c1-2-3-4-8-11-13(15)14(16)12-9-6-5-7-10-12/h5-7,9-11,14,16H,2-4,8H2,1H3. The van der Waals surface area contributed by atoms with Gasteiger partial charge in [0.1, 0.15) is 11.9 Å². The second kappa shape index (κ2) is 7.18. The van der Waals surface area contributed by atoms with Gasteiger partial charge in [-0.3, -0.25) is 0 Å². The summed E-state index contributed by atoms with van der Waals surface area (Å²) in [6.07, 6.45) is 4.28. The number of allylic oxidation sites excluding steroid dienone is 1. The molecule has 0 amide bonds. The van der Waals surface area contributed by atoms with E-state index in [1.807, 2.05) is 6.07 Å². The number of unbranched alkanes of at least 4 members (excludes halogenated alkanes) is 3. The predicted molar refractivity (Wildman–Crippen MR) is 64.7 cm³/mol. The molecule has 88 valence electrons. The summed E-state index contributed by atoms with van der Waals surface area (Å²) in [7, 11) is 0. The number of hydrogen-bond acceptors (Lipinski definition) is 1. The van der Waals surface area contributed by atoms with Gasteiger partial charge in [-0.25, -0.2) is 4.39 Å². The summed E-state index contributed by atoms with van der Waals surface area (Å²) >= 11 is 0. The molecular formula is C14H19FO. The second-order valence-corrected chi connectivity index (χ2v) is 3.90. The molecule has 0 bridgehead atoms. The summed E-state index contributed by atoms with van der Waals surface area (Å²) in [5.74, 6) is -0.442. The molecule has 1 aromatic rings. The Bertz CT molecular complexity index is 319. The highest BCUT2D eigenvalue weighted by Gasteiger charge is 2.11. The van der Waals surface area contributed by atoms with Gasteiger partial charge in [0.25, 0.3) is 0 Å². The lowest BCUT2D eigenvalue weighted by Crippen LogP contribution is -1.97. The van der Waals surface area contributed by atoms with Crippen LogP contribution in [0.5, 0.6) is 0 Å². The highest BCUT2D eigenvalue weighted by Crippen LogP contribution is 2.22. The van der Waals surface area contributed by atoms with Crippen LogP contribution in [0.15, 0.2) is 42.2 Å². The lowest BCUT2D eigenvalue weighted by Gasteiger charge is -2.08. The van der Waals surface area contributed by atoms with Gasteiger partial charge >= 0.3 is 0 Å². The Labute approximate surface area is 96.6 Å². The fourth-order valence-electron chi connectivity index (χ4n) is 1.54. The number of benzene rings is 1. The van der Waals surface area contributed by atoms with Gasteiger partial charge in [0.05, 0.1) is 0 Å². The zero-order valence-corrected chi connectivity index (χ0v) is 9.70. The fraction of sp³-hybridized carbons (Fsp3) is 0.429. The van der Waals surface area contributed by atoms with E-state index in [1.54, 1.807) is 24.3 Å². The molecule has 0 spiro atoms. The average molecular weight is 222 g/mol. The van der Waals surface area contributed by atoms with Crippen LogP contribution in [0.2, 0.25) is 0 Å². The van der Waals surface area contributed by atoms with Crippen molar-refractivity contribution >= 4 is 0 Å². The normalized spacial score (nSPS) is 13.8. The van der Waals surface area contributed by atoms with Gasteiger partial charge in [-0.05, 0) is 24.5 Å². The molecule has 0 aliphatic heterocycles. The molecule has 0 heterocycles. The van der Waals surface area contributed by atoms with Crippen molar-refractivity contribution in [2.45, 2.75) is 38.7 Å². The lowest BCUT2D eigenvalue weighted by molar-refractivity contribution is 0.185. The Morgan fingerprint density at radius 3 is 2.62 bits per heavy atom. The number of aliphatic hydroxyl groups excluding tert-OH is 1. The molecule has 1 rings (SSSR count). The number of halogens is 1. The van der Waals surface area contributed by atoms with Crippen LogP contribution in [0.4, 0.5) is 4.39 Å². The second-order valence-electron chi connectivity index (χ2n) is 3.90. The van der Waals surface area contributed by atoms with Gasteiger partial charge in [-0.15, -0.1) is 0 Å². The zero-order valence-electron chi connectivity index (χ0n) is 9.70. The molecular weight excluding hydrogens is 203 g/mol. The van der Waals surface area contributed by atoms with E-state index in [0.29, 0.717) is 12.0 Å². The predicted octanol–water partition coefficient (Wildman–Crippen LogP) is 4.15. The van der Waals surface area contributed by atoms with Crippen molar-refractivity contribution in [3.63, 3.8) is 0 Å². The maximum absolute atomic E-state index is 13.5. The number of rotatable bonds is 6. The first-order chi connectivity index (χ1) is 7.75. The van der Waals surface area contributed by atoms with E-state index in [1.165, 1.54) is 6.08 Å². The molecule has 1 atom stereocenters. The number of aliphatic hydroxyl groups is 1. The van der Waals surface area contributed by atoms with E-state index in [4.69, 9.17) is 0 Å². The summed E-state index contributed by atoms with van der Waals surface area (Å²) < 4.78 is 13.5. The topological polar surface area (TPSA) is 20.2 Å². The zero-order chi connectivity index (χ0) is 11.8. The van der Waals surface area contributed by atoms with E-state index >= 15 is 0 Å². The average Bonchev–Trinajstić information content (AvgIpc) is 2.34. The summed E-state index contributed by atoms with van der Waals surface area (Å²) in [6, 6.07) is 8.89. The molecule has 0 aromatic heterocycles. The van der Waals surface area contributed by atoms with E-state index in [9.17, 15) is 9.50 Å². The molecule has 2 heteroatoms. The quantitative estimate of drug-likeness (QED) is 0.717. The van der Waals surface area contributed by atoms with Gasteiger partial charge in [-0.1, -0.05) is 50.1 Å². The Hall–Kier alpha value is -1.15. The van der Waals surface area contributed by atoms with Gasteiger partial charge in [0.2, 0.25) is 0 Å². The molecule has 1 aromatic carbocycles. The van der Waals surface area contributed by atoms with Crippen LogP contribution in [0.25, 0.3) is 0 Å². The Kier molecular flexibility index (Phi) is 5.79. The Balaban J connectivity index is 2.50. The summed E-state index contributed by atoms with van der Waals surface area (Å²) in [6.45, 7) is 2.11. The maximum atomic E-state index is 13.5. The van der Waals surface area contributed by atoms with Crippen molar-refractivity contribution in [1.82, 2.24) is 0 Å². The van der Waals surface area contributed by atoms with Gasteiger partial charge in [0, 0.05) is 0 Å². The summed E-state index contributed by atoms with van der Waals surface area (Å²) in [4.78, 5) is 0. The Morgan fingerprint density at radius 2 is 2.00 bits per heavy atom. The smallest absolute Gasteiger partial charge is 0.130 e. The molecule has 0 aliphatic carbocycles. The van der Waals surface area contributed by atoms with Crippen LogP contribution < -0.4 is 0 Å². The van der Waals surface area contributed by atoms with Crippen LogP contribution in [0.1, 0.15) is 44.3 Å². The molecule has 16 heavy (non-hydrogen) atoms. The van der Waals surface area contributed by atoms with E-state index in [0.717, 1.165) is 19.3 Å². The molecule has 0 radical (unpaired) electrons. The SMILES string of the molecule is CCCCCC=C(F)C(O)c1ccccc1. The molecule has 0 saturated heterocycles. The largest absolute Gasteiger partial charge is 0.381 e. The minimum absolute atomic E-state index is 0.442. The van der Waals surface area contributed by atoms with Crippen molar-refractivity contribution < 1.29 is 9.50 Å². The van der Waals surface area contributed by atoms with Crippen molar-refractivity contribution in [1.29, 1.82) is 0 Å². The third-order valence-corrected chi connectivity index (χ3v) is 2.52. The highest BCUT2D eigenvalue weighted by molar-refractivity contribution is 5.23. The molecule has 0 fully saturated rings. The van der Waals surface area contributed by atoms with Crippen molar-refractivity contribution in [3.05, 3.63) is 47.8 Å². The third-order valence-electron chi connectivity index (χ3n) is 2.52. The lowest BCUT2D eigenvalue weighted by atomic mass is 10.1. The fourth-order valence-corrected chi connectivity index (χ4v) is 1.54. The molecule has 1 nitrogen and oxygen atoms in total. The third kappa shape index (κ3) is 4.15. The van der Waals surface area contributed by atoms with Crippen molar-refractivity contribution in [2.75, 3.05) is 0 Å². The van der Waals surface area contributed by atoms with Crippen LogP contribution in [-0.4, -0.2) is 5.11 Å². The van der Waals surface area contributed by atoms with E-state index in [2.05, 4.69) is 6.92 Å². The van der Waals surface area contributed by atoms with Gasteiger partial charge in [-0.2, -0.15) is 0 Å². The summed E-state index contributed by atoms with van der Waals surface area (Å²) in [5, 5.41) is 9.70. The Morgan fingerprint density at radius 1 is 1.31 bits per heavy atom. The van der Waals surface area contributed by atoms with Crippen LogP contribution in [0.3, 0.4) is 0 Å². The van der Waals surface area contributed by atoms with E-state index < -0.39 is 11.9 Å². The first-order valence-electron chi connectivity index (χ1n) is 5.84. The molecule has 0 aliphatic rings. The van der Waals surface area contributed by atoms with Gasteiger partial charge < -0.3 is 5.11 Å². The van der Waals surface area contributed by atoms with Crippen LogP contribution in [-0.2, 0) is 0 Å². The van der Waals surface area contributed by atoms with Crippen LogP contribution in [0, 0.1) is 0 Å². The first-order valence-corrected chi connectivity index (χ1v) is 5.84. The number of hydrogen-bond donors (Lipinski definition) is 1. The molecule has 0 saturated carbocycles. The van der Waals surface area contributed by atoms with Crippen molar-refractivity contribution in [3.8, 4) is 0 Å². The highest BCUT2D eigenvalue weighted by atomic mass is 19.1. The van der Waals surface area contributed by atoms with E-state index in [-0.39, 0.29) is 0 Å². The van der Waals surface area contributed by atoms with Crippen LogP contribution >= 0.6 is 0 Å². The van der Waals surface area contributed by atoms with Gasteiger partial charge in [0.15, 0.2) is 0 Å². The maximum Gasteiger partial charge on any atom is 0.130 e. The monoisotopic (exact) mass is 222 g/mol. The first kappa shape index (κ1) is 12.9. The minimum Gasteiger partial charge on any atom is -0.381 e. The molecule has 1 N–H and O–H groups in total. The summed E-state index contributed by atoms with van der Waals surface area (Å²) in [5.41, 5.74) is 0.603. The van der Waals surface area contributed by atoms with Crippen molar-refractivity contribution in [2.24, 2.45) is 0 Å².